The number of nitrogens with zero attached hydrogens (tertiary/aromatic N) is 2. The van der Waals surface area contributed by atoms with E-state index in [0.717, 1.165) is 23.1 Å². The number of benzene rings is 1. The lowest BCUT2D eigenvalue weighted by Crippen LogP contribution is -2.07. The maximum absolute atomic E-state index is 5.97. The van der Waals surface area contributed by atoms with Gasteiger partial charge in [0.15, 0.2) is 0 Å². The first-order valence-corrected chi connectivity index (χ1v) is 7.21. The molecule has 4 nitrogen and oxygen atoms in total. The smallest absolute Gasteiger partial charge is 0.202 e. The van der Waals surface area contributed by atoms with Gasteiger partial charge in [-0.1, -0.05) is 29.3 Å². The average molecular weight is 318 g/mol. The maximum Gasteiger partial charge on any atom is 0.202 e. The van der Waals surface area contributed by atoms with Gasteiger partial charge in [-0.05, 0) is 17.7 Å². The second-order valence-electron chi connectivity index (χ2n) is 3.86. The fraction of sp³-hybridized carbons (Fsp3) is 0.333. The van der Waals surface area contributed by atoms with E-state index in [1.807, 2.05) is 12.1 Å². The van der Waals surface area contributed by atoms with Gasteiger partial charge < -0.3 is 10.1 Å². The first-order chi connectivity index (χ1) is 9.19. The van der Waals surface area contributed by atoms with Crippen LogP contribution in [0.1, 0.15) is 11.4 Å². The molecule has 2 aromatic rings. The highest BCUT2D eigenvalue weighted by atomic mass is 35.5. The average Bonchev–Trinajstić information content (AvgIpc) is 2.82. The Kier molecular flexibility index (Phi) is 5.39. The highest BCUT2D eigenvalue weighted by molar-refractivity contribution is 7.09. The third-order valence-corrected chi connectivity index (χ3v) is 3.85. The number of aromatic nitrogens is 2. The fourth-order valence-electron chi connectivity index (χ4n) is 1.49. The lowest BCUT2D eigenvalue weighted by molar-refractivity contribution is 0.211. The molecule has 0 aliphatic carbocycles. The van der Waals surface area contributed by atoms with Crippen LogP contribution < -0.4 is 5.32 Å². The zero-order valence-corrected chi connectivity index (χ0v) is 12.6. The molecule has 0 spiro atoms. The number of nitrogens with one attached hydrogen (secondary N) is 1. The van der Waals surface area contributed by atoms with Gasteiger partial charge in [-0.15, -0.1) is 0 Å². The summed E-state index contributed by atoms with van der Waals surface area (Å²) in [5.41, 5.74) is 1.04. The quantitative estimate of drug-likeness (QED) is 0.828. The molecular formula is C12H13Cl2N3OS. The second kappa shape index (κ2) is 7.05. The Labute approximate surface area is 125 Å². The maximum atomic E-state index is 5.97. The van der Waals surface area contributed by atoms with Crippen LogP contribution in [0.3, 0.4) is 0 Å². The van der Waals surface area contributed by atoms with Crippen LogP contribution in [0.15, 0.2) is 18.2 Å². The van der Waals surface area contributed by atoms with E-state index in [1.54, 1.807) is 13.2 Å². The van der Waals surface area contributed by atoms with E-state index in [0.29, 0.717) is 23.1 Å². The van der Waals surface area contributed by atoms with Crippen LogP contribution in [-0.4, -0.2) is 29.6 Å². The van der Waals surface area contributed by atoms with Gasteiger partial charge in [0, 0.05) is 31.6 Å². The monoisotopic (exact) mass is 317 g/mol. The van der Waals surface area contributed by atoms with Crippen molar-refractivity contribution in [1.82, 2.24) is 9.36 Å². The van der Waals surface area contributed by atoms with Crippen molar-refractivity contribution in [3.8, 4) is 0 Å². The largest absolute Gasteiger partial charge is 0.383 e. The van der Waals surface area contributed by atoms with Crippen molar-refractivity contribution < 1.29 is 4.74 Å². The summed E-state index contributed by atoms with van der Waals surface area (Å²) in [5, 5.41) is 5.05. The molecule has 102 valence electrons. The van der Waals surface area contributed by atoms with Gasteiger partial charge in [0.05, 0.1) is 16.7 Å². The van der Waals surface area contributed by atoms with Crippen molar-refractivity contribution in [3.05, 3.63) is 39.6 Å². The van der Waals surface area contributed by atoms with E-state index in [-0.39, 0.29) is 0 Å². The van der Waals surface area contributed by atoms with Crippen molar-refractivity contribution in [2.24, 2.45) is 0 Å². The SMILES string of the molecule is COCCNc1nc(Cc2ccc(Cl)c(Cl)c2)ns1. The number of rotatable bonds is 6. The minimum absolute atomic E-state index is 0.549. The number of halogens is 2. The van der Waals surface area contributed by atoms with Crippen molar-refractivity contribution >= 4 is 39.9 Å². The Hall–Kier alpha value is -0.880. The van der Waals surface area contributed by atoms with Crippen LogP contribution in [0, 0.1) is 0 Å². The zero-order valence-electron chi connectivity index (χ0n) is 10.3. The lowest BCUT2D eigenvalue weighted by atomic mass is 10.1. The molecule has 0 atom stereocenters. The van der Waals surface area contributed by atoms with Gasteiger partial charge in [0.1, 0.15) is 5.82 Å². The third-order valence-electron chi connectivity index (χ3n) is 2.40. The summed E-state index contributed by atoms with van der Waals surface area (Å²) in [4.78, 5) is 4.39. The molecule has 2 rings (SSSR count). The standard InChI is InChI=1S/C12H13Cl2N3OS/c1-18-5-4-15-12-16-11(17-19-12)7-8-2-3-9(13)10(14)6-8/h2-3,6H,4-5,7H2,1H3,(H,15,16,17). The van der Waals surface area contributed by atoms with E-state index in [4.69, 9.17) is 27.9 Å². The van der Waals surface area contributed by atoms with Crippen LogP contribution in [0.4, 0.5) is 5.13 Å². The van der Waals surface area contributed by atoms with Crippen LogP contribution in [-0.2, 0) is 11.2 Å². The Morgan fingerprint density at radius 3 is 2.89 bits per heavy atom. The van der Waals surface area contributed by atoms with Gasteiger partial charge in [-0.2, -0.15) is 4.37 Å². The molecule has 0 saturated carbocycles. The number of anilines is 1. The molecule has 1 aromatic carbocycles. The molecular weight excluding hydrogens is 305 g/mol. The van der Waals surface area contributed by atoms with Gasteiger partial charge in [-0.3, -0.25) is 0 Å². The summed E-state index contributed by atoms with van der Waals surface area (Å²) in [6, 6.07) is 5.54. The van der Waals surface area contributed by atoms with Gasteiger partial charge in [0.25, 0.3) is 0 Å². The van der Waals surface area contributed by atoms with E-state index in [1.165, 1.54) is 11.5 Å². The molecule has 0 saturated heterocycles. The normalized spacial score (nSPS) is 10.7. The molecule has 0 amide bonds. The highest BCUT2D eigenvalue weighted by Crippen LogP contribution is 2.24. The summed E-state index contributed by atoms with van der Waals surface area (Å²) in [6.07, 6.45) is 0.638. The van der Waals surface area contributed by atoms with E-state index >= 15 is 0 Å². The molecule has 0 aliphatic heterocycles. The van der Waals surface area contributed by atoms with Gasteiger partial charge >= 0.3 is 0 Å². The topological polar surface area (TPSA) is 47.0 Å². The van der Waals surface area contributed by atoms with Crippen LogP contribution in [0.25, 0.3) is 0 Å². The summed E-state index contributed by atoms with van der Waals surface area (Å²) in [7, 11) is 1.66. The minimum Gasteiger partial charge on any atom is -0.383 e. The number of hydrogen-bond acceptors (Lipinski definition) is 5. The summed E-state index contributed by atoms with van der Waals surface area (Å²) >= 11 is 13.2. The number of methoxy groups -OCH3 is 1. The Morgan fingerprint density at radius 2 is 2.16 bits per heavy atom. The lowest BCUT2D eigenvalue weighted by Gasteiger charge is -2.00. The predicted molar refractivity (Wildman–Crippen MR) is 79.5 cm³/mol. The van der Waals surface area contributed by atoms with Gasteiger partial charge in [-0.25, -0.2) is 4.98 Å². The van der Waals surface area contributed by atoms with Crippen molar-refractivity contribution in [2.45, 2.75) is 6.42 Å². The van der Waals surface area contributed by atoms with Gasteiger partial charge in [0.2, 0.25) is 5.13 Å². The van der Waals surface area contributed by atoms with E-state index < -0.39 is 0 Å². The summed E-state index contributed by atoms with van der Waals surface area (Å²) in [6.45, 7) is 1.36. The molecule has 0 radical (unpaired) electrons. The van der Waals surface area contributed by atoms with Crippen molar-refractivity contribution in [1.29, 1.82) is 0 Å². The molecule has 1 N–H and O–H groups in total. The zero-order chi connectivity index (χ0) is 13.7. The summed E-state index contributed by atoms with van der Waals surface area (Å²) in [5.74, 6) is 0.767. The molecule has 0 aliphatic rings. The van der Waals surface area contributed by atoms with E-state index in [2.05, 4.69) is 14.7 Å². The third kappa shape index (κ3) is 4.31. The molecule has 7 heteroatoms. The molecule has 0 unspecified atom stereocenters. The number of ether oxygens (including phenoxy) is 1. The van der Waals surface area contributed by atoms with Crippen LogP contribution in [0.2, 0.25) is 10.0 Å². The Morgan fingerprint density at radius 1 is 1.32 bits per heavy atom. The molecule has 19 heavy (non-hydrogen) atoms. The molecule has 0 bridgehead atoms. The molecule has 1 aromatic heterocycles. The highest BCUT2D eigenvalue weighted by Gasteiger charge is 2.06. The molecule has 0 fully saturated rings. The first kappa shape index (κ1) is 14.5. The Balaban J connectivity index is 1.97. The van der Waals surface area contributed by atoms with Crippen molar-refractivity contribution in [3.63, 3.8) is 0 Å². The van der Waals surface area contributed by atoms with Crippen LogP contribution >= 0.6 is 34.7 Å². The van der Waals surface area contributed by atoms with E-state index in [9.17, 15) is 0 Å². The van der Waals surface area contributed by atoms with Crippen molar-refractivity contribution in [2.75, 3.05) is 25.6 Å². The minimum atomic E-state index is 0.549. The second-order valence-corrected chi connectivity index (χ2v) is 5.43. The Bertz CT molecular complexity index is 548. The first-order valence-electron chi connectivity index (χ1n) is 5.68. The summed E-state index contributed by atoms with van der Waals surface area (Å²) < 4.78 is 9.25. The fourth-order valence-corrected chi connectivity index (χ4v) is 2.42. The molecule has 1 heterocycles. The number of hydrogen-bond donors (Lipinski definition) is 1. The predicted octanol–water partition coefficient (Wildman–Crippen LogP) is 3.49. The van der Waals surface area contributed by atoms with Crippen LogP contribution in [0.5, 0.6) is 0 Å².